The van der Waals surface area contributed by atoms with Gasteiger partial charge in [-0.25, -0.2) is 0 Å². The van der Waals surface area contributed by atoms with Crippen molar-refractivity contribution >= 4 is 0 Å². The fourth-order valence-corrected chi connectivity index (χ4v) is 0. The van der Waals surface area contributed by atoms with Crippen LogP contribution in [0.15, 0.2) is 0 Å². The molecule has 0 atom stereocenters. The SMILES string of the molecule is [C-]#N.[C-]#N.[C-]#N.[C-]#N.[C-]#N.[C-]#N.[C-]#N.[C-]#N.[C-]#N.[C-]#N.[Fe+2].[Fe+4].[Fe+4]. The Bertz CT molecular complexity index is 180. The van der Waals surface area contributed by atoms with Gasteiger partial charge in [-0.2, -0.15) is 0 Å². The number of rotatable bonds is 0. The van der Waals surface area contributed by atoms with Crippen LogP contribution in [0.1, 0.15) is 0 Å². The van der Waals surface area contributed by atoms with Crippen molar-refractivity contribution in [1.29, 1.82) is 52.6 Å². The minimum Gasteiger partial charge on any atom is -0.512 e. The summed E-state index contributed by atoms with van der Waals surface area (Å²) < 4.78 is 0. The molecule has 0 aromatic heterocycles. The van der Waals surface area contributed by atoms with E-state index in [2.05, 4.69) is 0 Å². The second-order valence-electron chi connectivity index (χ2n) is 0. The third kappa shape index (κ3) is 399. The maximum absolute atomic E-state index is 6.25. The molecule has 0 bridgehead atoms. The molecule has 0 saturated carbocycles. The Hall–Kier alpha value is -3.54. The third-order valence-electron chi connectivity index (χ3n) is 0. The van der Waals surface area contributed by atoms with Gasteiger partial charge in [-0.3, -0.25) is 0 Å². The van der Waals surface area contributed by atoms with Crippen LogP contribution >= 0.6 is 0 Å². The van der Waals surface area contributed by atoms with E-state index in [1.807, 2.05) is 0 Å². The van der Waals surface area contributed by atoms with Crippen molar-refractivity contribution in [3.8, 4) is 0 Å². The molecule has 0 aliphatic heterocycles. The third-order valence-corrected chi connectivity index (χ3v) is 0. The Morgan fingerprint density at radius 1 is 0.217 bits per heavy atom. The number of nitrogens with zero attached hydrogens (tertiary/aromatic N) is 10. The normalized spacial score (nSPS) is 0.870. The maximum atomic E-state index is 6.25. The summed E-state index contributed by atoms with van der Waals surface area (Å²) in [6.45, 7) is 47.5. The Morgan fingerprint density at radius 3 is 0.217 bits per heavy atom. The topological polar surface area (TPSA) is 238 Å². The van der Waals surface area contributed by atoms with E-state index >= 15 is 0 Å². The summed E-state index contributed by atoms with van der Waals surface area (Å²) in [4.78, 5) is 0. The van der Waals surface area contributed by atoms with Crippen LogP contribution < -0.4 is 0 Å². The van der Waals surface area contributed by atoms with Crippen LogP contribution in [0.2, 0.25) is 0 Å². The zero-order valence-corrected chi connectivity index (χ0v) is 13.8. The largest absolute Gasteiger partial charge is 4.00 e. The van der Waals surface area contributed by atoms with Gasteiger partial charge in [0.05, 0.1) is 0 Å². The molecule has 0 amide bonds. The molecule has 0 N–H and O–H groups in total. The molecule has 0 aliphatic rings. The van der Waals surface area contributed by atoms with Crippen molar-refractivity contribution in [2.75, 3.05) is 0 Å². The van der Waals surface area contributed by atoms with Gasteiger partial charge in [-0.1, -0.05) is 0 Å². The van der Waals surface area contributed by atoms with Gasteiger partial charge in [-0.05, 0) is 0 Å². The summed E-state index contributed by atoms with van der Waals surface area (Å²) in [6, 6.07) is 0. The molecule has 0 saturated heterocycles. The van der Waals surface area contributed by atoms with Crippen molar-refractivity contribution in [2.45, 2.75) is 0 Å². The van der Waals surface area contributed by atoms with Gasteiger partial charge in [0, 0.05) is 0 Å². The first kappa shape index (κ1) is 159. The monoisotopic (exact) mass is 428 g/mol. The molecule has 0 fully saturated rings. The molecule has 0 aromatic rings. The zero-order valence-electron chi connectivity index (χ0n) is 10.5. The predicted octanol–water partition coefficient (Wildman–Crippen LogP) is 0.956. The average Bonchev–Trinajstić information content (AvgIpc) is 2.71. The van der Waals surface area contributed by atoms with Crippen LogP contribution in [0, 0.1) is 118 Å². The van der Waals surface area contributed by atoms with Gasteiger partial charge >= 0.3 is 51.2 Å². The van der Waals surface area contributed by atoms with Crippen LogP contribution in [0.5, 0.6) is 0 Å². The molecule has 0 rings (SSSR count). The summed E-state index contributed by atoms with van der Waals surface area (Å²) >= 11 is 0. The fraction of sp³-hybridized carbons (Fsp3) is 0. The Labute approximate surface area is 169 Å². The summed E-state index contributed by atoms with van der Waals surface area (Å²) in [5.41, 5.74) is 0. The van der Waals surface area contributed by atoms with Crippen molar-refractivity contribution in [2.24, 2.45) is 0 Å². The molecule has 114 valence electrons. The van der Waals surface area contributed by atoms with Crippen LogP contribution in [0.25, 0.3) is 0 Å². The van der Waals surface area contributed by atoms with Gasteiger partial charge in [0.2, 0.25) is 0 Å². The van der Waals surface area contributed by atoms with E-state index in [9.17, 15) is 0 Å². The van der Waals surface area contributed by atoms with E-state index < -0.39 is 0 Å². The molecule has 0 heterocycles. The molecule has 0 spiro atoms. The van der Waals surface area contributed by atoms with Crippen LogP contribution in [-0.2, 0) is 51.2 Å². The first-order chi connectivity index (χ1) is 10.0. The molecule has 23 heavy (non-hydrogen) atoms. The number of hydrogen-bond acceptors (Lipinski definition) is 10. The van der Waals surface area contributed by atoms with E-state index in [0.717, 1.165) is 0 Å². The van der Waals surface area contributed by atoms with E-state index in [-0.39, 0.29) is 51.2 Å². The van der Waals surface area contributed by atoms with Crippen LogP contribution in [0.4, 0.5) is 0 Å². The van der Waals surface area contributed by atoms with Gasteiger partial charge in [0.15, 0.2) is 0 Å². The molecule has 10 nitrogen and oxygen atoms in total. The minimum atomic E-state index is 0. The molecule has 13 heteroatoms. The number of hydrogen-bond donors (Lipinski definition) is 0. The molecule has 0 aliphatic carbocycles. The quantitative estimate of drug-likeness (QED) is 0.391. The van der Waals surface area contributed by atoms with Gasteiger partial charge in [0.25, 0.3) is 0 Å². The second kappa shape index (κ2) is 449. The first-order valence-electron chi connectivity index (χ1n) is 2.24. The smallest absolute Gasteiger partial charge is 0.512 e. The molecular weight excluding hydrogens is 428 g/mol. The average molecular weight is 428 g/mol. The second-order valence-corrected chi connectivity index (χ2v) is 0. The van der Waals surface area contributed by atoms with E-state index in [0.29, 0.717) is 0 Å². The molecule has 0 aromatic carbocycles. The van der Waals surface area contributed by atoms with Gasteiger partial charge < -0.3 is 118 Å². The van der Waals surface area contributed by atoms with Gasteiger partial charge in [-0.15, -0.1) is 0 Å². The Balaban J connectivity index is -0.00000000433. The Kier molecular flexibility index (Phi) is 3100. The van der Waals surface area contributed by atoms with Crippen LogP contribution in [0.3, 0.4) is 0 Å². The van der Waals surface area contributed by atoms with Gasteiger partial charge in [0.1, 0.15) is 0 Å². The standard InChI is InChI=1S/10CN.3Fe/c10*1-2;;;/q10*-1;+2;2*+4. The van der Waals surface area contributed by atoms with Crippen molar-refractivity contribution in [3.05, 3.63) is 65.7 Å². The summed E-state index contributed by atoms with van der Waals surface area (Å²) in [5.74, 6) is 0. The minimum absolute atomic E-state index is 0. The van der Waals surface area contributed by atoms with Crippen LogP contribution in [-0.4, -0.2) is 0 Å². The first-order valence-corrected chi connectivity index (χ1v) is 2.24. The molecule has 0 radical (unpaired) electrons. The van der Waals surface area contributed by atoms with E-state index in [1.54, 1.807) is 0 Å². The summed E-state index contributed by atoms with van der Waals surface area (Å²) in [7, 11) is 0. The molecular formula is C10Fe3N10. The fourth-order valence-electron chi connectivity index (χ4n) is 0. The van der Waals surface area contributed by atoms with E-state index in [1.165, 1.54) is 0 Å². The van der Waals surface area contributed by atoms with Crippen molar-refractivity contribution < 1.29 is 51.2 Å². The Morgan fingerprint density at radius 2 is 0.217 bits per heavy atom. The summed E-state index contributed by atoms with van der Waals surface area (Å²) in [6.07, 6.45) is 0. The maximum Gasteiger partial charge on any atom is 4.00 e. The van der Waals surface area contributed by atoms with Crippen molar-refractivity contribution in [3.63, 3.8) is 0 Å². The predicted molar refractivity (Wildman–Crippen MR) is 49.7 cm³/mol. The van der Waals surface area contributed by atoms with Crippen molar-refractivity contribution in [1.82, 2.24) is 0 Å². The van der Waals surface area contributed by atoms with E-state index in [4.69, 9.17) is 118 Å². The zero-order chi connectivity index (χ0) is 20.0. The molecule has 0 unspecified atom stereocenters. The summed E-state index contributed by atoms with van der Waals surface area (Å²) in [5, 5.41) is 62.5.